The molecule has 1 amide bonds. The SMILES string of the molecule is CC#CN1c2c(nc(OC3=CC=CC=C(C(N)=O)C3)n(CC3=CCC=C(C#N)C=C3)c2=O)NC1N1CCNCC1. The first-order chi connectivity index (χ1) is 19.5. The van der Waals surface area contributed by atoms with Crippen LogP contribution in [0.1, 0.15) is 19.8 Å². The van der Waals surface area contributed by atoms with Gasteiger partial charge in [0.05, 0.1) is 12.6 Å². The molecule has 11 nitrogen and oxygen atoms in total. The van der Waals surface area contributed by atoms with E-state index in [9.17, 15) is 14.9 Å². The maximum atomic E-state index is 14.2. The minimum absolute atomic E-state index is 0.0685. The zero-order valence-corrected chi connectivity index (χ0v) is 22.2. The van der Waals surface area contributed by atoms with Crippen molar-refractivity contribution in [2.45, 2.75) is 32.6 Å². The number of nitrogens with two attached hydrogens (primary N) is 1. The molecule has 0 radical (unpaired) electrons. The van der Waals surface area contributed by atoms with Gasteiger partial charge in [-0.1, -0.05) is 42.4 Å². The molecule has 1 aromatic heterocycles. The third kappa shape index (κ3) is 5.61. The summed E-state index contributed by atoms with van der Waals surface area (Å²) >= 11 is 0. The summed E-state index contributed by atoms with van der Waals surface area (Å²) in [5.41, 5.74) is 7.30. The normalized spacial score (nSPS) is 20.3. The van der Waals surface area contributed by atoms with E-state index in [1.807, 2.05) is 18.2 Å². The Bertz CT molecular complexity index is 1550. The Morgan fingerprint density at radius 3 is 2.77 bits per heavy atom. The molecule has 0 bridgehead atoms. The summed E-state index contributed by atoms with van der Waals surface area (Å²) in [6.07, 6.45) is 14.5. The molecule has 204 valence electrons. The highest BCUT2D eigenvalue weighted by Gasteiger charge is 2.38. The van der Waals surface area contributed by atoms with Crippen LogP contribution in [0.15, 0.2) is 75.9 Å². The smallest absolute Gasteiger partial charge is 0.306 e. The Balaban J connectivity index is 1.57. The van der Waals surface area contributed by atoms with Crippen LogP contribution in [0.3, 0.4) is 0 Å². The van der Waals surface area contributed by atoms with E-state index in [1.165, 1.54) is 4.57 Å². The molecule has 1 aromatic rings. The number of anilines is 2. The monoisotopic (exact) mass is 538 g/mol. The van der Waals surface area contributed by atoms with Gasteiger partial charge in [0.2, 0.25) is 5.91 Å². The summed E-state index contributed by atoms with van der Waals surface area (Å²) in [4.78, 5) is 34.8. The second-order valence-electron chi connectivity index (χ2n) is 9.49. The fourth-order valence-electron chi connectivity index (χ4n) is 4.84. The van der Waals surface area contributed by atoms with E-state index in [1.54, 1.807) is 42.2 Å². The third-order valence-corrected chi connectivity index (χ3v) is 6.85. The number of nitrogens with one attached hydrogen (secondary N) is 2. The van der Waals surface area contributed by atoms with Crippen molar-refractivity contribution in [1.29, 1.82) is 5.26 Å². The summed E-state index contributed by atoms with van der Waals surface area (Å²) in [7, 11) is 0. The molecule has 11 heteroatoms. The average Bonchev–Trinajstić information content (AvgIpc) is 3.11. The number of piperazine rings is 1. The molecule has 2 aliphatic heterocycles. The summed E-state index contributed by atoms with van der Waals surface area (Å²) in [5, 5.41) is 16.0. The third-order valence-electron chi connectivity index (χ3n) is 6.85. The zero-order chi connectivity index (χ0) is 28.1. The van der Waals surface area contributed by atoms with Crippen LogP contribution in [0.5, 0.6) is 6.01 Å². The van der Waals surface area contributed by atoms with Crippen molar-refractivity contribution >= 4 is 17.4 Å². The molecule has 1 fully saturated rings. The molecule has 0 saturated carbocycles. The predicted octanol–water partition coefficient (Wildman–Crippen LogP) is 1.62. The molecule has 1 saturated heterocycles. The van der Waals surface area contributed by atoms with E-state index < -0.39 is 5.91 Å². The first-order valence-corrected chi connectivity index (χ1v) is 13.1. The van der Waals surface area contributed by atoms with Crippen LogP contribution in [0.25, 0.3) is 0 Å². The number of rotatable bonds is 6. The molecule has 2 aliphatic carbocycles. The quantitative estimate of drug-likeness (QED) is 0.461. The Labute approximate surface area is 232 Å². The Morgan fingerprint density at radius 2 is 2.02 bits per heavy atom. The lowest BCUT2D eigenvalue weighted by Gasteiger charge is -2.35. The van der Waals surface area contributed by atoms with Crippen LogP contribution in [-0.2, 0) is 11.3 Å². The number of fused-ring (bicyclic) bond motifs is 1. The molecule has 1 atom stereocenters. The Morgan fingerprint density at radius 1 is 1.23 bits per heavy atom. The molecule has 1 unspecified atom stereocenters. The minimum Gasteiger partial charge on any atom is -0.430 e. The van der Waals surface area contributed by atoms with E-state index in [0.29, 0.717) is 34.8 Å². The van der Waals surface area contributed by atoms with E-state index in [-0.39, 0.29) is 30.8 Å². The molecule has 3 heterocycles. The number of aromatic nitrogens is 2. The van der Waals surface area contributed by atoms with Crippen molar-refractivity contribution in [2.75, 3.05) is 36.4 Å². The highest BCUT2D eigenvalue weighted by molar-refractivity contribution is 5.92. The number of amides is 1. The number of ether oxygens (including phenoxy) is 1. The highest BCUT2D eigenvalue weighted by Crippen LogP contribution is 2.33. The Kier molecular flexibility index (Phi) is 7.97. The van der Waals surface area contributed by atoms with Crippen LogP contribution < -0.4 is 31.6 Å². The first kappa shape index (κ1) is 26.8. The predicted molar refractivity (Wildman–Crippen MR) is 152 cm³/mol. The molecule has 0 spiro atoms. The number of hydrogen-bond donors (Lipinski definition) is 3. The maximum absolute atomic E-state index is 14.2. The number of nitrogens with zero attached hydrogens (tertiary/aromatic N) is 5. The van der Waals surface area contributed by atoms with Crippen LogP contribution in [0, 0.1) is 23.3 Å². The molecule has 40 heavy (non-hydrogen) atoms. The topological polar surface area (TPSA) is 142 Å². The molecule has 0 aromatic carbocycles. The highest BCUT2D eigenvalue weighted by atomic mass is 16.5. The number of primary amides is 1. The van der Waals surface area contributed by atoms with Crippen molar-refractivity contribution in [2.24, 2.45) is 5.73 Å². The van der Waals surface area contributed by atoms with E-state index >= 15 is 0 Å². The number of carbonyl (C=O) groups is 1. The molecule has 4 aliphatic rings. The zero-order valence-electron chi connectivity index (χ0n) is 22.2. The van der Waals surface area contributed by atoms with Crippen LogP contribution >= 0.6 is 0 Å². The summed E-state index contributed by atoms with van der Waals surface area (Å²) in [6.45, 7) is 5.09. The van der Waals surface area contributed by atoms with Gasteiger partial charge in [-0.05, 0) is 31.1 Å². The average molecular weight is 539 g/mol. The van der Waals surface area contributed by atoms with Gasteiger partial charge in [0, 0.05) is 49.8 Å². The second-order valence-corrected chi connectivity index (χ2v) is 9.49. The lowest BCUT2D eigenvalue weighted by molar-refractivity contribution is -0.114. The van der Waals surface area contributed by atoms with Gasteiger partial charge in [0.15, 0.2) is 17.8 Å². The number of nitriles is 1. The minimum atomic E-state index is -0.552. The van der Waals surface area contributed by atoms with Gasteiger partial charge >= 0.3 is 6.01 Å². The van der Waals surface area contributed by atoms with Crippen molar-refractivity contribution in [3.05, 3.63) is 81.4 Å². The van der Waals surface area contributed by atoms with Gasteiger partial charge in [0.1, 0.15) is 5.76 Å². The van der Waals surface area contributed by atoms with Crippen molar-refractivity contribution < 1.29 is 9.53 Å². The lowest BCUT2D eigenvalue weighted by atomic mass is 10.1. The van der Waals surface area contributed by atoms with Crippen LogP contribution in [0.2, 0.25) is 0 Å². The number of allylic oxidation sites excluding steroid dienone is 11. The number of hydrogen-bond acceptors (Lipinski definition) is 9. The van der Waals surface area contributed by atoms with E-state index in [0.717, 1.165) is 31.8 Å². The lowest BCUT2D eigenvalue weighted by Crippen LogP contribution is -2.55. The van der Waals surface area contributed by atoms with Gasteiger partial charge in [-0.3, -0.25) is 24.0 Å². The largest absolute Gasteiger partial charge is 0.430 e. The summed E-state index contributed by atoms with van der Waals surface area (Å²) in [6, 6.07) is 5.30. The Hall–Kier alpha value is -4.84. The van der Waals surface area contributed by atoms with Crippen LogP contribution in [-0.4, -0.2) is 52.8 Å². The van der Waals surface area contributed by atoms with Gasteiger partial charge in [0.25, 0.3) is 5.56 Å². The first-order valence-electron chi connectivity index (χ1n) is 13.1. The van der Waals surface area contributed by atoms with Crippen molar-refractivity contribution in [3.63, 3.8) is 0 Å². The van der Waals surface area contributed by atoms with E-state index in [4.69, 9.17) is 15.5 Å². The fraction of sp³-hybridized carbons (Fsp3) is 0.310. The summed E-state index contributed by atoms with van der Waals surface area (Å²) in [5.74, 6) is 3.17. The van der Waals surface area contributed by atoms with Gasteiger partial charge in [-0.2, -0.15) is 10.2 Å². The fourth-order valence-corrected chi connectivity index (χ4v) is 4.84. The van der Waals surface area contributed by atoms with Gasteiger partial charge < -0.3 is 21.1 Å². The van der Waals surface area contributed by atoms with E-state index in [2.05, 4.69) is 33.6 Å². The summed E-state index contributed by atoms with van der Waals surface area (Å²) < 4.78 is 7.68. The molecule has 4 N–H and O–H groups in total. The number of carbonyl (C=O) groups excluding carboxylic acids is 1. The van der Waals surface area contributed by atoms with Gasteiger partial charge in [-0.15, -0.1) is 0 Å². The van der Waals surface area contributed by atoms with Crippen molar-refractivity contribution in [1.82, 2.24) is 19.8 Å². The molecule has 5 rings (SSSR count). The second kappa shape index (κ2) is 11.9. The molecular formula is C29H30N8O3. The maximum Gasteiger partial charge on any atom is 0.306 e. The van der Waals surface area contributed by atoms with Crippen molar-refractivity contribution in [3.8, 4) is 24.0 Å². The van der Waals surface area contributed by atoms with Gasteiger partial charge in [-0.25, -0.2) is 0 Å². The standard InChI is InChI=1S/C29H30N8O3/c1-2-14-36-24-26(33-28(36)35-15-12-32-13-16-35)34-29(40-23-9-4-3-8-22(17-23)25(31)38)37(27(24)39)19-21-7-5-6-20(18-30)10-11-21/h3-4,6-11,28,32-33H,5,12-13,15-17,19H2,1H3,(H2,31,38). The van der Waals surface area contributed by atoms with Crippen LogP contribution in [0.4, 0.5) is 11.5 Å². The molecular weight excluding hydrogens is 508 g/mol.